The lowest BCUT2D eigenvalue weighted by Gasteiger charge is -2.08. The number of amides is 1. The topological polar surface area (TPSA) is 55.4 Å². The van der Waals surface area contributed by atoms with Gasteiger partial charge < -0.3 is 10.1 Å². The average Bonchev–Trinajstić information content (AvgIpc) is 2.82. The molecule has 1 atom stereocenters. The summed E-state index contributed by atoms with van der Waals surface area (Å²) in [6.45, 7) is 2.66. The fourth-order valence-electron chi connectivity index (χ4n) is 2.49. The lowest BCUT2D eigenvalue weighted by Crippen LogP contribution is -2.37. The summed E-state index contributed by atoms with van der Waals surface area (Å²) < 4.78 is 4.81. The molecule has 0 aromatic heterocycles. The second-order valence-electron chi connectivity index (χ2n) is 5.65. The molecule has 0 saturated carbocycles. The van der Waals surface area contributed by atoms with E-state index in [2.05, 4.69) is 12.2 Å². The quantitative estimate of drug-likeness (QED) is 0.469. The highest BCUT2D eigenvalue weighted by Crippen LogP contribution is 2.11. The van der Waals surface area contributed by atoms with Gasteiger partial charge in [0.15, 0.2) is 0 Å². The molecule has 1 heterocycles. The van der Waals surface area contributed by atoms with Gasteiger partial charge in [-0.15, -0.1) is 0 Å². The number of esters is 1. The number of rotatable bonds is 11. The second kappa shape index (κ2) is 13.0. The molecular formula is C16H31NO3S. The van der Waals surface area contributed by atoms with Crippen molar-refractivity contribution in [1.29, 1.82) is 0 Å². The van der Waals surface area contributed by atoms with Gasteiger partial charge in [0, 0.05) is 12.8 Å². The SMILES string of the molecule is CCCCCCCCCCCC(=O)N[C@H]1CCOC1=O.S. The van der Waals surface area contributed by atoms with Gasteiger partial charge in [0.2, 0.25) is 5.91 Å². The summed E-state index contributed by atoms with van der Waals surface area (Å²) in [4.78, 5) is 22.8. The van der Waals surface area contributed by atoms with Gasteiger partial charge in [0.05, 0.1) is 6.61 Å². The molecule has 0 spiro atoms. The first-order chi connectivity index (χ1) is 9.74. The van der Waals surface area contributed by atoms with Gasteiger partial charge in [-0.3, -0.25) is 4.79 Å². The van der Waals surface area contributed by atoms with Crippen molar-refractivity contribution in [1.82, 2.24) is 5.32 Å². The molecule has 0 aromatic rings. The number of unbranched alkanes of at least 4 members (excludes halogenated alkanes) is 8. The van der Waals surface area contributed by atoms with Crippen LogP contribution in [-0.4, -0.2) is 24.5 Å². The summed E-state index contributed by atoms with van der Waals surface area (Å²) in [7, 11) is 0. The molecule has 1 N–H and O–H groups in total. The van der Waals surface area contributed by atoms with Crippen LogP contribution < -0.4 is 5.32 Å². The minimum atomic E-state index is -0.402. The lowest BCUT2D eigenvalue weighted by atomic mass is 10.1. The third-order valence-electron chi connectivity index (χ3n) is 3.78. The normalized spacial score (nSPS) is 17.2. The Bertz CT molecular complexity index is 297. The van der Waals surface area contributed by atoms with Gasteiger partial charge in [-0.25, -0.2) is 4.79 Å². The van der Waals surface area contributed by atoms with Crippen LogP contribution in [0.5, 0.6) is 0 Å². The fourth-order valence-corrected chi connectivity index (χ4v) is 2.49. The zero-order valence-electron chi connectivity index (χ0n) is 13.3. The van der Waals surface area contributed by atoms with Gasteiger partial charge in [-0.1, -0.05) is 58.3 Å². The van der Waals surface area contributed by atoms with Crippen LogP contribution in [0.1, 0.15) is 77.6 Å². The molecule has 1 saturated heterocycles. The maximum Gasteiger partial charge on any atom is 0.328 e. The van der Waals surface area contributed by atoms with E-state index in [1.165, 1.54) is 44.9 Å². The summed E-state index contributed by atoms with van der Waals surface area (Å²) >= 11 is 0. The standard InChI is InChI=1S/C16H29NO3.H2S/c1-2-3-4-5-6-7-8-9-10-11-15(18)17-14-12-13-20-16(14)19;/h14H,2-13H2,1H3,(H,17,18);1H2/t14-;/m0./s1. The van der Waals surface area contributed by atoms with Crippen LogP contribution in [0.4, 0.5) is 0 Å². The maximum atomic E-state index is 11.6. The lowest BCUT2D eigenvalue weighted by molar-refractivity contribution is -0.141. The van der Waals surface area contributed by atoms with E-state index in [9.17, 15) is 9.59 Å². The summed E-state index contributed by atoms with van der Waals surface area (Å²) in [6, 6.07) is -0.402. The molecule has 0 aliphatic carbocycles. The number of ether oxygens (including phenoxy) is 1. The van der Waals surface area contributed by atoms with Crippen molar-refractivity contribution >= 4 is 25.4 Å². The molecule has 1 fully saturated rings. The van der Waals surface area contributed by atoms with E-state index in [1.54, 1.807) is 0 Å². The smallest absolute Gasteiger partial charge is 0.328 e. The van der Waals surface area contributed by atoms with E-state index in [4.69, 9.17) is 4.74 Å². The van der Waals surface area contributed by atoms with Crippen molar-refractivity contribution < 1.29 is 14.3 Å². The zero-order valence-corrected chi connectivity index (χ0v) is 14.3. The molecule has 0 bridgehead atoms. The van der Waals surface area contributed by atoms with Gasteiger partial charge in [0.1, 0.15) is 6.04 Å². The van der Waals surface area contributed by atoms with Crippen LogP contribution in [0.2, 0.25) is 0 Å². The van der Waals surface area contributed by atoms with E-state index < -0.39 is 6.04 Å². The molecule has 124 valence electrons. The summed E-state index contributed by atoms with van der Waals surface area (Å²) in [5.41, 5.74) is 0. The van der Waals surface area contributed by atoms with Crippen molar-refractivity contribution in [2.45, 2.75) is 83.6 Å². The molecule has 21 heavy (non-hydrogen) atoms. The maximum absolute atomic E-state index is 11.6. The Hall–Kier alpha value is -0.710. The van der Waals surface area contributed by atoms with Crippen molar-refractivity contribution in [3.63, 3.8) is 0 Å². The molecule has 1 amide bonds. The molecule has 4 nitrogen and oxygen atoms in total. The van der Waals surface area contributed by atoms with Crippen LogP contribution >= 0.6 is 13.5 Å². The van der Waals surface area contributed by atoms with E-state index in [0.29, 0.717) is 19.4 Å². The Labute approximate surface area is 135 Å². The van der Waals surface area contributed by atoms with E-state index in [1.807, 2.05) is 0 Å². The third-order valence-corrected chi connectivity index (χ3v) is 3.78. The fraction of sp³-hybridized carbons (Fsp3) is 0.875. The van der Waals surface area contributed by atoms with Crippen molar-refractivity contribution in [2.24, 2.45) is 0 Å². The Morgan fingerprint density at radius 3 is 2.19 bits per heavy atom. The van der Waals surface area contributed by atoms with Crippen LogP contribution in [0.3, 0.4) is 0 Å². The molecule has 1 aliphatic rings. The molecule has 0 unspecified atom stereocenters. The van der Waals surface area contributed by atoms with Gasteiger partial charge in [-0.2, -0.15) is 13.5 Å². The van der Waals surface area contributed by atoms with E-state index in [-0.39, 0.29) is 25.4 Å². The number of cyclic esters (lactones) is 1. The van der Waals surface area contributed by atoms with E-state index in [0.717, 1.165) is 12.8 Å². The highest BCUT2D eigenvalue weighted by Gasteiger charge is 2.27. The first kappa shape index (κ1) is 20.3. The van der Waals surface area contributed by atoms with Gasteiger partial charge in [0.25, 0.3) is 0 Å². The zero-order chi connectivity index (χ0) is 14.6. The Morgan fingerprint density at radius 2 is 1.67 bits per heavy atom. The average molecular weight is 317 g/mol. The molecule has 0 aromatic carbocycles. The minimum absolute atomic E-state index is 0. The Balaban J connectivity index is 0.00000400. The van der Waals surface area contributed by atoms with Crippen molar-refractivity contribution in [3.8, 4) is 0 Å². The largest absolute Gasteiger partial charge is 0.464 e. The van der Waals surface area contributed by atoms with Crippen LogP contribution in [-0.2, 0) is 14.3 Å². The summed E-state index contributed by atoms with van der Waals surface area (Å²) in [5.74, 6) is -0.303. The van der Waals surface area contributed by atoms with Crippen molar-refractivity contribution in [2.75, 3.05) is 6.61 Å². The van der Waals surface area contributed by atoms with Crippen LogP contribution in [0.25, 0.3) is 0 Å². The number of carbonyl (C=O) groups excluding carboxylic acids is 2. The predicted octanol–water partition coefficient (Wildman–Crippen LogP) is 3.45. The number of hydrogen-bond donors (Lipinski definition) is 1. The van der Waals surface area contributed by atoms with E-state index >= 15 is 0 Å². The summed E-state index contributed by atoms with van der Waals surface area (Å²) in [6.07, 6.45) is 12.3. The molecular weight excluding hydrogens is 286 g/mol. The van der Waals surface area contributed by atoms with Crippen LogP contribution in [0.15, 0.2) is 0 Å². The van der Waals surface area contributed by atoms with Crippen LogP contribution in [0, 0.1) is 0 Å². The Morgan fingerprint density at radius 1 is 1.10 bits per heavy atom. The van der Waals surface area contributed by atoms with Crippen molar-refractivity contribution in [3.05, 3.63) is 0 Å². The number of hydrogen-bond acceptors (Lipinski definition) is 3. The number of nitrogens with one attached hydrogen (secondary N) is 1. The van der Waals surface area contributed by atoms with Gasteiger partial charge >= 0.3 is 5.97 Å². The molecule has 5 heteroatoms. The first-order valence-corrected chi connectivity index (χ1v) is 8.20. The second-order valence-corrected chi connectivity index (χ2v) is 5.65. The molecule has 1 rings (SSSR count). The first-order valence-electron chi connectivity index (χ1n) is 8.20. The molecule has 0 radical (unpaired) electrons. The highest BCUT2D eigenvalue weighted by atomic mass is 32.1. The Kier molecular flexibility index (Phi) is 12.5. The molecule has 1 aliphatic heterocycles. The predicted molar refractivity (Wildman–Crippen MR) is 89.7 cm³/mol. The van der Waals surface area contributed by atoms with Gasteiger partial charge in [-0.05, 0) is 6.42 Å². The minimum Gasteiger partial charge on any atom is -0.464 e. The monoisotopic (exact) mass is 317 g/mol. The highest BCUT2D eigenvalue weighted by molar-refractivity contribution is 7.59. The third kappa shape index (κ3) is 9.77. The summed E-state index contributed by atoms with van der Waals surface area (Å²) in [5, 5.41) is 2.74. The number of carbonyl (C=O) groups is 2.